The first-order valence-corrected chi connectivity index (χ1v) is 7.06. The number of hydrogen-bond acceptors (Lipinski definition) is 4. The first-order chi connectivity index (χ1) is 8.35. The van der Waals surface area contributed by atoms with Gasteiger partial charge in [0.1, 0.15) is 0 Å². The molecule has 0 spiro atoms. The van der Waals surface area contributed by atoms with Crippen molar-refractivity contribution in [2.45, 2.75) is 0 Å². The summed E-state index contributed by atoms with van der Waals surface area (Å²) >= 11 is 5.87. The lowest BCUT2D eigenvalue weighted by molar-refractivity contribution is 0.0697. The average molecular weight is 293 g/mol. The van der Waals surface area contributed by atoms with Crippen LogP contribution >= 0.6 is 11.6 Å². The fourth-order valence-electron chi connectivity index (χ4n) is 1.21. The van der Waals surface area contributed by atoms with Gasteiger partial charge in [0.05, 0.1) is 22.0 Å². The number of aromatic carboxylic acids is 1. The second-order valence-electron chi connectivity index (χ2n) is 3.45. The van der Waals surface area contributed by atoms with Gasteiger partial charge in [-0.25, -0.2) is 17.9 Å². The molecule has 0 atom stereocenters. The van der Waals surface area contributed by atoms with Crippen molar-refractivity contribution in [2.24, 2.45) is 0 Å². The van der Waals surface area contributed by atoms with Crippen LogP contribution in [0.2, 0.25) is 5.02 Å². The normalized spacial score (nSPS) is 11.2. The third-order valence-electron chi connectivity index (χ3n) is 2.21. The number of halogens is 1. The molecule has 0 aliphatic rings. The predicted octanol–water partition coefficient (Wildman–Crippen LogP) is 0.999. The summed E-state index contributed by atoms with van der Waals surface area (Å²) in [4.78, 5) is 10.7. The lowest BCUT2D eigenvalue weighted by atomic mass is 10.2. The molecule has 0 radical (unpaired) electrons. The van der Waals surface area contributed by atoms with Gasteiger partial charge >= 0.3 is 5.97 Å². The van der Waals surface area contributed by atoms with Gasteiger partial charge < -0.3 is 10.4 Å². The molecule has 100 valence electrons. The molecule has 0 aliphatic carbocycles. The van der Waals surface area contributed by atoms with Crippen LogP contribution in [0.15, 0.2) is 18.2 Å². The van der Waals surface area contributed by atoms with E-state index >= 15 is 0 Å². The highest BCUT2D eigenvalue weighted by molar-refractivity contribution is 7.89. The fourth-order valence-corrected chi connectivity index (χ4v) is 2.04. The van der Waals surface area contributed by atoms with E-state index in [9.17, 15) is 13.2 Å². The Labute approximate surface area is 110 Å². The summed E-state index contributed by atoms with van der Waals surface area (Å²) in [7, 11) is -1.94. The van der Waals surface area contributed by atoms with E-state index in [1.165, 1.54) is 25.2 Å². The van der Waals surface area contributed by atoms with Crippen molar-refractivity contribution in [3.8, 4) is 0 Å². The number of carboxylic acids is 1. The van der Waals surface area contributed by atoms with Crippen molar-refractivity contribution < 1.29 is 18.3 Å². The Bertz CT molecular complexity index is 545. The first kappa shape index (κ1) is 14.7. The van der Waals surface area contributed by atoms with Crippen LogP contribution in [0.3, 0.4) is 0 Å². The van der Waals surface area contributed by atoms with Crippen molar-refractivity contribution in [1.29, 1.82) is 0 Å². The minimum atomic E-state index is -3.27. The highest BCUT2D eigenvalue weighted by atomic mass is 35.5. The average Bonchev–Trinajstić information content (AvgIpc) is 2.31. The maximum atomic E-state index is 11.2. The molecule has 18 heavy (non-hydrogen) atoms. The molecule has 0 aromatic heterocycles. The molecular weight excluding hydrogens is 280 g/mol. The molecule has 3 N–H and O–H groups in total. The zero-order valence-electron chi connectivity index (χ0n) is 9.60. The van der Waals surface area contributed by atoms with E-state index in [2.05, 4.69) is 10.0 Å². The summed E-state index contributed by atoms with van der Waals surface area (Å²) in [6, 6.07) is 4.19. The fraction of sp³-hybridized carbons (Fsp3) is 0.300. The second kappa shape index (κ2) is 6.03. The molecule has 1 aromatic rings. The standard InChI is InChI=1S/C10H13ClN2O4S/c1-12-18(16,17)5-4-13-9-3-2-7(10(14)15)6-8(9)11/h2-3,6,12-13H,4-5H2,1H3,(H,14,15). The van der Waals surface area contributed by atoms with Gasteiger partial charge in [0.25, 0.3) is 0 Å². The zero-order valence-corrected chi connectivity index (χ0v) is 11.2. The van der Waals surface area contributed by atoms with E-state index < -0.39 is 16.0 Å². The minimum Gasteiger partial charge on any atom is -0.478 e. The number of anilines is 1. The van der Waals surface area contributed by atoms with E-state index in [1.807, 2.05) is 0 Å². The molecule has 1 rings (SSSR count). The molecule has 1 aromatic carbocycles. The van der Waals surface area contributed by atoms with Gasteiger partial charge in [-0.15, -0.1) is 0 Å². The molecule has 0 amide bonds. The van der Waals surface area contributed by atoms with E-state index in [1.54, 1.807) is 0 Å². The Kier molecular flexibility index (Phi) is 4.94. The Morgan fingerprint density at radius 1 is 1.44 bits per heavy atom. The Balaban J connectivity index is 2.67. The molecule has 0 unspecified atom stereocenters. The van der Waals surface area contributed by atoms with E-state index in [4.69, 9.17) is 16.7 Å². The zero-order chi connectivity index (χ0) is 13.8. The third kappa shape index (κ3) is 4.17. The van der Waals surface area contributed by atoms with Crippen LogP contribution in [-0.2, 0) is 10.0 Å². The van der Waals surface area contributed by atoms with Gasteiger partial charge in [-0.1, -0.05) is 11.6 Å². The van der Waals surface area contributed by atoms with Crippen LogP contribution < -0.4 is 10.0 Å². The molecule has 0 aliphatic heterocycles. The van der Waals surface area contributed by atoms with Crippen LogP contribution in [0.5, 0.6) is 0 Å². The Morgan fingerprint density at radius 2 is 2.11 bits per heavy atom. The van der Waals surface area contributed by atoms with E-state index in [0.29, 0.717) is 5.69 Å². The molecule has 8 heteroatoms. The van der Waals surface area contributed by atoms with Crippen molar-refractivity contribution in [3.05, 3.63) is 28.8 Å². The van der Waals surface area contributed by atoms with Crippen LogP contribution in [0, 0.1) is 0 Å². The number of hydrogen-bond donors (Lipinski definition) is 3. The number of carboxylic acid groups (broad SMARTS) is 1. The van der Waals surface area contributed by atoms with Crippen molar-refractivity contribution in [1.82, 2.24) is 4.72 Å². The molecule has 6 nitrogen and oxygen atoms in total. The summed E-state index contributed by atoms with van der Waals surface area (Å²) < 4.78 is 24.5. The monoisotopic (exact) mass is 292 g/mol. The van der Waals surface area contributed by atoms with E-state index in [0.717, 1.165) is 0 Å². The van der Waals surface area contributed by atoms with Gasteiger partial charge in [-0.2, -0.15) is 0 Å². The van der Waals surface area contributed by atoms with E-state index in [-0.39, 0.29) is 22.9 Å². The van der Waals surface area contributed by atoms with Crippen molar-refractivity contribution in [3.63, 3.8) is 0 Å². The molecule has 0 fully saturated rings. The minimum absolute atomic E-state index is 0.0772. The van der Waals surface area contributed by atoms with Gasteiger partial charge in [0.15, 0.2) is 0 Å². The number of benzene rings is 1. The number of nitrogens with one attached hydrogen (secondary N) is 2. The van der Waals surface area contributed by atoms with Gasteiger partial charge in [0.2, 0.25) is 10.0 Å². The lowest BCUT2D eigenvalue weighted by Gasteiger charge is -2.09. The van der Waals surface area contributed by atoms with Gasteiger partial charge in [-0.3, -0.25) is 0 Å². The summed E-state index contributed by atoms with van der Waals surface area (Å²) in [6.45, 7) is 0.176. The number of carbonyl (C=O) groups is 1. The van der Waals surface area contributed by atoms with Crippen LogP contribution in [0.25, 0.3) is 0 Å². The van der Waals surface area contributed by atoms with Crippen molar-refractivity contribution >= 4 is 33.3 Å². The lowest BCUT2D eigenvalue weighted by Crippen LogP contribution is -2.26. The maximum absolute atomic E-state index is 11.2. The smallest absolute Gasteiger partial charge is 0.335 e. The van der Waals surface area contributed by atoms with Crippen LogP contribution in [0.4, 0.5) is 5.69 Å². The summed E-state index contributed by atoms with van der Waals surface area (Å²) in [5, 5.41) is 11.8. The predicted molar refractivity (Wildman–Crippen MR) is 69.7 cm³/mol. The summed E-state index contributed by atoms with van der Waals surface area (Å²) in [6.07, 6.45) is 0. The summed E-state index contributed by atoms with van der Waals surface area (Å²) in [5.41, 5.74) is 0.571. The van der Waals surface area contributed by atoms with Crippen molar-refractivity contribution in [2.75, 3.05) is 24.7 Å². The van der Waals surface area contributed by atoms with Gasteiger partial charge in [-0.05, 0) is 25.2 Å². The topological polar surface area (TPSA) is 95.5 Å². The summed E-state index contributed by atoms with van der Waals surface area (Å²) in [5.74, 6) is -1.17. The molecule has 0 bridgehead atoms. The van der Waals surface area contributed by atoms with Crippen LogP contribution in [-0.4, -0.2) is 38.8 Å². The molecule has 0 saturated heterocycles. The third-order valence-corrected chi connectivity index (χ3v) is 3.89. The maximum Gasteiger partial charge on any atom is 0.335 e. The second-order valence-corrected chi connectivity index (χ2v) is 5.90. The quantitative estimate of drug-likeness (QED) is 0.727. The number of rotatable bonds is 6. The first-order valence-electron chi connectivity index (χ1n) is 5.03. The highest BCUT2D eigenvalue weighted by Crippen LogP contribution is 2.22. The SMILES string of the molecule is CNS(=O)(=O)CCNc1ccc(C(=O)O)cc1Cl. The largest absolute Gasteiger partial charge is 0.478 e. The molecular formula is C10H13ClN2O4S. The Morgan fingerprint density at radius 3 is 2.61 bits per heavy atom. The molecule has 0 heterocycles. The Hall–Kier alpha value is -1.31. The number of sulfonamides is 1. The van der Waals surface area contributed by atoms with Gasteiger partial charge in [0, 0.05) is 6.54 Å². The van der Waals surface area contributed by atoms with Crippen LogP contribution in [0.1, 0.15) is 10.4 Å². The highest BCUT2D eigenvalue weighted by Gasteiger charge is 2.09. The molecule has 0 saturated carbocycles.